The molecule has 2 heterocycles. The highest BCUT2D eigenvalue weighted by molar-refractivity contribution is 8.00. The van der Waals surface area contributed by atoms with E-state index in [0.717, 1.165) is 29.5 Å². The van der Waals surface area contributed by atoms with Crippen molar-refractivity contribution < 1.29 is 0 Å². The van der Waals surface area contributed by atoms with E-state index in [1.807, 2.05) is 11.8 Å². The molecule has 1 atom stereocenters. The van der Waals surface area contributed by atoms with Gasteiger partial charge in [0.25, 0.3) is 0 Å². The van der Waals surface area contributed by atoms with Crippen LogP contribution >= 0.6 is 35.6 Å². The smallest absolute Gasteiger partial charge is 0.197 e. The molecule has 1 saturated heterocycles. The summed E-state index contributed by atoms with van der Waals surface area (Å²) in [6.45, 7) is 4.32. The van der Waals surface area contributed by atoms with Gasteiger partial charge in [0.2, 0.25) is 0 Å². The number of benzene rings is 1. The highest BCUT2D eigenvalue weighted by Gasteiger charge is 2.24. The number of halogens is 1. The number of hydrogen-bond donors (Lipinski definition) is 2. The third kappa shape index (κ3) is 2.91. The van der Waals surface area contributed by atoms with E-state index >= 15 is 0 Å². The standard InChI is InChI=1S/C14H17ClN3S2/c1-8-7-10-12(18-14(19)17-10)11(15)13(8)20-9-3-2-5-16-6-4-9/h7,9,16H,2-6H2,1H3,(H,18,19). The van der Waals surface area contributed by atoms with Gasteiger partial charge in [0.15, 0.2) is 5.11 Å². The Labute approximate surface area is 134 Å². The summed E-state index contributed by atoms with van der Waals surface area (Å²) in [6, 6.07) is 2.07. The van der Waals surface area contributed by atoms with Gasteiger partial charge in [0.1, 0.15) is 0 Å². The Bertz CT molecular complexity index is 540. The Hall–Kier alpha value is -0.490. The number of anilines is 1. The number of thioether (sulfide) groups is 1. The van der Waals surface area contributed by atoms with Gasteiger partial charge in [-0.2, -0.15) is 0 Å². The van der Waals surface area contributed by atoms with E-state index in [1.54, 1.807) is 0 Å². The van der Waals surface area contributed by atoms with Gasteiger partial charge in [-0.3, -0.25) is 0 Å². The second kappa shape index (κ2) is 6.10. The molecule has 2 N–H and O–H groups in total. The summed E-state index contributed by atoms with van der Waals surface area (Å²) in [5, 5.41) is 12.7. The highest BCUT2D eigenvalue weighted by atomic mass is 35.5. The average Bonchev–Trinajstić information content (AvgIpc) is 2.63. The fourth-order valence-corrected chi connectivity index (χ4v) is 4.54. The zero-order valence-electron chi connectivity index (χ0n) is 11.3. The number of nitrogens with zero attached hydrogens (tertiary/aromatic N) is 1. The van der Waals surface area contributed by atoms with Crippen LogP contribution in [0.15, 0.2) is 11.0 Å². The van der Waals surface area contributed by atoms with Gasteiger partial charge in [-0.1, -0.05) is 11.6 Å². The number of hydrogen-bond acceptors (Lipinski definition) is 3. The van der Waals surface area contributed by atoms with Crippen molar-refractivity contribution in [1.82, 2.24) is 10.6 Å². The van der Waals surface area contributed by atoms with E-state index in [2.05, 4.69) is 28.9 Å². The van der Waals surface area contributed by atoms with Gasteiger partial charge in [0.05, 0.1) is 16.4 Å². The number of rotatable bonds is 2. The van der Waals surface area contributed by atoms with E-state index in [1.165, 1.54) is 29.7 Å². The fraction of sp³-hybridized carbons (Fsp3) is 0.500. The molecule has 3 nitrogen and oxygen atoms in total. The van der Waals surface area contributed by atoms with Crippen molar-refractivity contribution in [2.45, 2.75) is 36.3 Å². The summed E-state index contributed by atoms with van der Waals surface area (Å²) < 4.78 is 0. The van der Waals surface area contributed by atoms with Gasteiger partial charge in [-0.05, 0) is 63.1 Å². The number of nitrogens with one attached hydrogen (secondary N) is 2. The van der Waals surface area contributed by atoms with E-state index in [9.17, 15) is 0 Å². The van der Waals surface area contributed by atoms with Crippen LogP contribution in [0.2, 0.25) is 5.02 Å². The SMILES string of the molecule is Cc1cc2c(c(Cl)c1SC1CCCNCC1)NC(=S)[N]2. The molecule has 1 aromatic carbocycles. The summed E-state index contributed by atoms with van der Waals surface area (Å²) >= 11 is 13.6. The van der Waals surface area contributed by atoms with Crippen LogP contribution in [-0.4, -0.2) is 23.5 Å². The van der Waals surface area contributed by atoms with Crippen molar-refractivity contribution in [1.29, 1.82) is 0 Å². The van der Waals surface area contributed by atoms with Gasteiger partial charge < -0.3 is 10.6 Å². The van der Waals surface area contributed by atoms with Crippen LogP contribution in [0.25, 0.3) is 0 Å². The van der Waals surface area contributed by atoms with E-state index in [0.29, 0.717) is 10.4 Å². The third-order valence-electron chi connectivity index (χ3n) is 3.65. The first kappa shape index (κ1) is 14.4. The zero-order valence-corrected chi connectivity index (χ0v) is 13.7. The van der Waals surface area contributed by atoms with Gasteiger partial charge >= 0.3 is 0 Å². The first-order valence-corrected chi connectivity index (χ1v) is 8.55. The maximum absolute atomic E-state index is 6.57. The first-order chi connectivity index (χ1) is 9.65. The molecule has 107 valence electrons. The van der Waals surface area contributed by atoms with E-state index in [4.69, 9.17) is 23.8 Å². The minimum atomic E-state index is 0.502. The summed E-state index contributed by atoms with van der Waals surface area (Å²) in [7, 11) is 0. The Morgan fingerprint density at radius 1 is 1.40 bits per heavy atom. The molecule has 1 radical (unpaired) electrons. The summed E-state index contributed by atoms with van der Waals surface area (Å²) in [5.41, 5.74) is 2.92. The molecule has 2 aliphatic heterocycles. The lowest BCUT2D eigenvalue weighted by Gasteiger charge is -2.17. The number of fused-ring (bicyclic) bond motifs is 1. The molecule has 0 spiro atoms. The van der Waals surface area contributed by atoms with Crippen molar-refractivity contribution >= 4 is 52.1 Å². The molecule has 1 unspecified atom stereocenters. The van der Waals surface area contributed by atoms with Gasteiger partial charge in [-0.25, -0.2) is 5.32 Å². The summed E-state index contributed by atoms with van der Waals surface area (Å²) in [4.78, 5) is 1.17. The maximum Gasteiger partial charge on any atom is 0.197 e. The predicted octanol–water partition coefficient (Wildman–Crippen LogP) is 3.83. The van der Waals surface area contributed by atoms with Crippen LogP contribution < -0.4 is 16.0 Å². The largest absolute Gasteiger partial charge is 0.328 e. The van der Waals surface area contributed by atoms with Crippen LogP contribution in [0.1, 0.15) is 24.8 Å². The second-order valence-electron chi connectivity index (χ2n) is 5.19. The monoisotopic (exact) mass is 326 g/mol. The Morgan fingerprint density at radius 3 is 3.10 bits per heavy atom. The molecule has 0 bridgehead atoms. The average molecular weight is 327 g/mol. The van der Waals surface area contributed by atoms with Crippen molar-refractivity contribution in [3.05, 3.63) is 16.7 Å². The molecule has 6 heteroatoms. The van der Waals surface area contributed by atoms with Crippen LogP contribution in [0.5, 0.6) is 0 Å². The van der Waals surface area contributed by atoms with E-state index in [-0.39, 0.29) is 0 Å². The first-order valence-electron chi connectivity index (χ1n) is 6.88. The molecule has 0 aromatic heterocycles. The quantitative estimate of drug-likeness (QED) is 0.810. The topological polar surface area (TPSA) is 38.2 Å². The molecule has 1 fully saturated rings. The summed E-state index contributed by atoms with van der Waals surface area (Å²) in [6.07, 6.45) is 3.66. The number of aryl methyl sites for hydroxylation is 1. The van der Waals surface area contributed by atoms with Crippen molar-refractivity contribution in [2.75, 3.05) is 18.4 Å². The van der Waals surface area contributed by atoms with Gasteiger partial charge in [-0.15, -0.1) is 11.8 Å². The van der Waals surface area contributed by atoms with Crippen LogP contribution in [0.4, 0.5) is 11.4 Å². The lowest BCUT2D eigenvalue weighted by molar-refractivity contribution is 0.703. The number of thiocarbonyl (C=S) groups is 1. The molecule has 3 rings (SSSR count). The normalized spacial score (nSPS) is 21.9. The molecule has 0 saturated carbocycles. The Kier molecular flexibility index (Phi) is 4.40. The Morgan fingerprint density at radius 2 is 2.25 bits per heavy atom. The maximum atomic E-state index is 6.57. The molecule has 0 aliphatic carbocycles. The van der Waals surface area contributed by atoms with Crippen LogP contribution in [0, 0.1) is 6.92 Å². The Balaban J connectivity index is 1.86. The third-order valence-corrected chi connectivity index (χ3v) is 5.90. The molecule has 2 aliphatic rings. The van der Waals surface area contributed by atoms with E-state index < -0.39 is 0 Å². The predicted molar refractivity (Wildman–Crippen MR) is 90.6 cm³/mol. The van der Waals surface area contributed by atoms with Crippen molar-refractivity contribution in [3.8, 4) is 0 Å². The lowest BCUT2D eigenvalue weighted by atomic mass is 10.2. The highest BCUT2D eigenvalue weighted by Crippen LogP contribution is 2.45. The molecular formula is C14H17ClN3S2. The second-order valence-corrected chi connectivity index (χ2v) is 7.27. The van der Waals surface area contributed by atoms with Crippen LogP contribution in [0.3, 0.4) is 0 Å². The zero-order chi connectivity index (χ0) is 14.1. The molecule has 1 aromatic rings. The fourth-order valence-electron chi connectivity index (χ4n) is 2.61. The minimum absolute atomic E-state index is 0.502. The molecule has 0 amide bonds. The molecule has 20 heavy (non-hydrogen) atoms. The molecular weight excluding hydrogens is 310 g/mol. The van der Waals surface area contributed by atoms with Crippen molar-refractivity contribution in [3.63, 3.8) is 0 Å². The minimum Gasteiger partial charge on any atom is -0.328 e. The lowest BCUT2D eigenvalue weighted by Crippen LogP contribution is -2.14. The summed E-state index contributed by atoms with van der Waals surface area (Å²) in [5.74, 6) is 0. The van der Waals surface area contributed by atoms with Gasteiger partial charge in [0, 0.05) is 10.1 Å². The van der Waals surface area contributed by atoms with Crippen molar-refractivity contribution in [2.24, 2.45) is 0 Å². The van der Waals surface area contributed by atoms with Crippen LogP contribution in [-0.2, 0) is 0 Å².